The number of nitrogens with zero attached hydrogens (tertiary/aromatic N) is 3. The summed E-state index contributed by atoms with van der Waals surface area (Å²) < 4.78 is 4.05. The molecule has 0 saturated heterocycles. The smallest absolute Gasteiger partial charge is 0.276 e. The van der Waals surface area contributed by atoms with Gasteiger partial charge in [0.05, 0.1) is 18.3 Å². The van der Waals surface area contributed by atoms with E-state index in [9.17, 15) is 9.90 Å². The molecule has 0 fully saturated rings. The number of rotatable bonds is 4. The van der Waals surface area contributed by atoms with Gasteiger partial charge in [0.2, 0.25) is 0 Å². The monoisotopic (exact) mass is 423 g/mol. The van der Waals surface area contributed by atoms with Gasteiger partial charge in [0.25, 0.3) is 5.56 Å². The van der Waals surface area contributed by atoms with E-state index < -0.39 is 6.10 Å². The number of hydrogen-bond donors (Lipinski definition) is 1. The Balaban J connectivity index is 1.68. The molecular formula is C21H18BrN3O2. The Morgan fingerprint density at radius 3 is 2.63 bits per heavy atom. The molecule has 1 atom stereocenters. The van der Waals surface area contributed by atoms with Gasteiger partial charge in [-0.3, -0.25) is 4.79 Å². The van der Waals surface area contributed by atoms with Gasteiger partial charge in [-0.1, -0.05) is 57.9 Å². The Hall–Kier alpha value is -2.70. The number of benzene rings is 2. The molecule has 136 valence electrons. The van der Waals surface area contributed by atoms with Crippen LogP contribution >= 0.6 is 15.9 Å². The number of halogens is 1. The van der Waals surface area contributed by atoms with Crippen LogP contribution in [0.25, 0.3) is 16.8 Å². The number of aryl methyl sites for hydroxylation is 1. The lowest BCUT2D eigenvalue weighted by Crippen LogP contribution is -2.24. The zero-order chi connectivity index (χ0) is 19.0. The number of aliphatic hydroxyl groups excluding tert-OH is 1. The molecule has 0 radical (unpaired) electrons. The van der Waals surface area contributed by atoms with E-state index in [1.54, 1.807) is 23.0 Å². The number of aromatic nitrogens is 3. The highest BCUT2D eigenvalue weighted by Crippen LogP contribution is 2.22. The number of hydrogen-bond acceptors (Lipinski definition) is 3. The van der Waals surface area contributed by atoms with E-state index in [2.05, 4.69) is 21.0 Å². The fourth-order valence-corrected chi connectivity index (χ4v) is 3.44. The van der Waals surface area contributed by atoms with Crippen LogP contribution in [-0.2, 0) is 6.54 Å². The number of fused-ring (bicyclic) bond motifs is 1. The standard InChI is InChI=1S/C21H18BrN3O2/c1-14-5-7-15(8-6-14)20(26)13-24-9-10-25-19(21(24)27)12-18(23-25)16-3-2-4-17(22)11-16/h2-12,20,26H,13H2,1H3/t20-/m0/s1. The highest BCUT2D eigenvalue weighted by atomic mass is 79.9. The second-order valence-corrected chi connectivity index (χ2v) is 7.47. The average molecular weight is 424 g/mol. The lowest BCUT2D eigenvalue weighted by molar-refractivity contribution is 0.155. The van der Waals surface area contributed by atoms with Crippen molar-refractivity contribution < 1.29 is 5.11 Å². The van der Waals surface area contributed by atoms with Gasteiger partial charge in [-0.05, 0) is 30.7 Å². The van der Waals surface area contributed by atoms with E-state index in [0.717, 1.165) is 26.9 Å². The molecule has 27 heavy (non-hydrogen) atoms. The predicted molar refractivity (Wildman–Crippen MR) is 109 cm³/mol. The molecule has 0 spiro atoms. The average Bonchev–Trinajstić information content (AvgIpc) is 3.10. The van der Waals surface area contributed by atoms with E-state index >= 15 is 0 Å². The zero-order valence-corrected chi connectivity index (χ0v) is 16.3. The van der Waals surface area contributed by atoms with Crippen LogP contribution in [0.3, 0.4) is 0 Å². The lowest BCUT2D eigenvalue weighted by atomic mass is 10.1. The third kappa shape index (κ3) is 3.59. The van der Waals surface area contributed by atoms with Crippen LogP contribution in [0.15, 0.2) is 76.3 Å². The van der Waals surface area contributed by atoms with E-state index in [0.29, 0.717) is 5.52 Å². The molecule has 0 aliphatic carbocycles. The van der Waals surface area contributed by atoms with Crippen LogP contribution in [0.5, 0.6) is 0 Å². The molecule has 0 unspecified atom stereocenters. The number of aliphatic hydroxyl groups is 1. The summed E-state index contributed by atoms with van der Waals surface area (Å²) in [6, 6.07) is 17.2. The van der Waals surface area contributed by atoms with Crippen LogP contribution in [0, 0.1) is 6.92 Å². The maximum Gasteiger partial charge on any atom is 0.276 e. The van der Waals surface area contributed by atoms with Gasteiger partial charge in [-0.15, -0.1) is 0 Å². The van der Waals surface area contributed by atoms with Crippen molar-refractivity contribution in [2.75, 3.05) is 0 Å². The van der Waals surface area contributed by atoms with Crippen LogP contribution in [0.4, 0.5) is 0 Å². The van der Waals surface area contributed by atoms with E-state index in [1.807, 2.05) is 55.5 Å². The molecule has 2 aromatic heterocycles. The second-order valence-electron chi connectivity index (χ2n) is 6.55. The first-order valence-corrected chi connectivity index (χ1v) is 9.40. The molecule has 1 N–H and O–H groups in total. The van der Waals surface area contributed by atoms with Crippen molar-refractivity contribution in [1.82, 2.24) is 14.2 Å². The van der Waals surface area contributed by atoms with Gasteiger partial charge in [0, 0.05) is 22.4 Å². The third-order valence-electron chi connectivity index (χ3n) is 4.56. The molecule has 4 aromatic rings. The van der Waals surface area contributed by atoms with Gasteiger partial charge in [0.1, 0.15) is 5.52 Å². The van der Waals surface area contributed by atoms with Gasteiger partial charge in [0.15, 0.2) is 0 Å². The summed E-state index contributed by atoms with van der Waals surface area (Å²) in [4.78, 5) is 12.8. The molecule has 0 bridgehead atoms. The predicted octanol–water partition coefficient (Wildman–Crippen LogP) is 3.97. The Bertz CT molecular complexity index is 1160. The van der Waals surface area contributed by atoms with Crippen molar-refractivity contribution in [2.45, 2.75) is 19.6 Å². The minimum absolute atomic E-state index is 0.183. The Morgan fingerprint density at radius 1 is 1.11 bits per heavy atom. The van der Waals surface area contributed by atoms with Gasteiger partial charge in [-0.25, -0.2) is 4.52 Å². The first kappa shape index (κ1) is 17.7. The Kier molecular flexibility index (Phi) is 4.68. The first-order chi connectivity index (χ1) is 13.0. The van der Waals surface area contributed by atoms with Gasteiger partial charge >= 0.3 is 0 Å². The highest BCUT2D eigenvalue weighted by molar-refractivity contribution is 9.10. The normalized spacial score (nSPS) is 12.4. The maximum absolute atomic E-state index is 12.8. The first-order valence-electron chi connectivity index (χ1n) is 8.61. The largest absolute Gasteiger partial charge is 0.387 e. The fourth-order valence-electron chi connectivity index (χ4n) is 3.04. The Labute approximate surface area is 164 Å². The van der Waals surface area contributed by atoms with Crippen molar-refractivity contribution in [3.8, 4) is 11.3 Å². The minimum atomic E-state index is -0.752. The van der Waals surface area contributed by atoms with Crippen molar-refractivity contribution in [1.29, 1.82) is 0 Å². The molecule has 2 heterocycles. The lowest BCUT2D eigenvalue weighted by Gasteiger charge is -2.13. The van der Waals surface area contributed by atoms with Crippen LogP contribution in [-0.4, -0.2) is 19.3 Å². The Morgan fingerprint density at radius 2 is 1.89 bits per heavy atom. The maximum atomic E-state index is 12.8. The van der Waals surface area contributed by atoms with Crippen molar-refractivity contribution >= 4 is 21.4 Å². The molecule has 4 rings (SSSR count). The van der Waals surface area contributed by atoms with E-state index in [-0.39, 0.29) is 12.1 Å². The molecule has 0 saturated carbocycles. The summed E-state index contributed by atoms with van der Waals surface area (Å²) in [5, 5.41) is 15.0. The van der Waals surface area contributed by atoms with E-state index in [1.165, 1.54) is 4.57 Å². The molecular weight excluding hydrogens is 406 g/mol. The summed E-state index contributed by atoms with van der Waals surface area (Å²) >= 11 is 3.45. The van der Waals surface area contributed by atoms with E-state index in [4.69, 9.17) is 0 Å². The second kappa shape index (κ2) is 7.13. The molecule has 2 aromatic carbocycles. The summed E-state index contributed by atoms with van der Waals surface area (Å²) in [7, 11) is 0. The summed E-state index contributed by atoms with van der Waals surface area (Å²) in [6.07, 6.45) is 2.64. The molecule has 0 aliphatic rings. The van der Waals surface area contributed by atoms with Crippen LogP contribution in [0.1, 0.15) is 17.2 Å². The summed E-state index contributed by atoms with van der Waals surface area (Å²) in [5.41, 5.74) is 3.87. The molecule has 5 nitrogen and oxygen atoms in total. The van der Waals surface area contributed by atoms with Crippen LogP contribution < -0.4 is 5.56 Å². The topological polar surface area (TPSA) is 59.5 Å². The van der Waals surface area contributed by atoms with Gasteiger partial charge in [-0.2, -0.15) is 5.10 Å². The molecule has 0 aliphatic heterocycles. The fraction of sp³-hybridized carbons (Fsp3) is 0.143. The van der Waals surface area contributed by atoms with Crippen molar-refractivity contribution in [2.24, 2.45) is 0 Å². The molecule has 0 amide bonds. The van der Waals surface area contributed by atoms with Crippen molar-refractivity contribution in [3.05, 3.63) is 92.9 Å². The van der Waals surface area contributed by atoms with Crippen molar-refractivity contribution in [3.63, 3.8) is 0 Å². The van der Waals surface area contributed by atoms with Gasteiger partial charge < -0.3 is 9.67 Å². The quantitative estimate of drug-likeness (QED) is 0.540. The highest BCUT2D eigenvalue weighted by Gasteiger charge is 2.13. The third-order valence-corrected chi connectivity index (χ3v) is 5.05. The van der Waals surface area contributed by atoms with Crippen LogP contribution in [0.2, 0.25) is 0 Å². The zero-order valence-electron chi connectivity index (χ0n) is 14.7. The SMILES string of the molecule is Cc1ccc([C@@H](O)Cn2ccn3nc(-c4cccc(Br)c4)cc3c2=O)cc1. The summed E-state index contributed by atoms with van der Waals surface area (Å²) in [5.74, 6) is 0. The summed E-state index contributed by atoms with van der Waals surface area (Å²) in [6.45, 7) is 2.19. The molecule has 6 heteroatoms. The minimum Gasteiger partial charge on any atom is -0.387 e.